The summed E-state index contributed by atoms with van der Waals surface area (Å²) >= 11 is 0. The van der Waals surface area contributed by atoms with Crippen molar-refractivity contribution in [2.45, 2.75) is 18.9 Å². The fourth-order valence-corrected chi connectivity index (χ4v) is 2.80. The van der Waals surface area contributed by atoms with Crippen molar-refractivity contribution in [1.82, 2.24) is 25.2 Å². The molecule has 1 saturated heterocycles. The van der Waals surface area contributed by atoms with Crippen molar-refractivity contribution in [3.05, 3.63) is 54.2 Å². The van der Waals surface area contributed by atoms with Gasteiger partial charge in [0.2, 0.25) is 17.6 Å². The number of aromatic nitrogens is 4. The molecular formula is C16H15N5O2. The quantitative estimate of drug-likeness (QED) is 0.796. The number of nitrogens with one attached hydrogen (secondary N) is 1. The number of benzene rings is 1. The zero-order valence-electron chi connectivity index (χ0n) is 12.3. The van der Waals surface area contributed by atoms with Crippen LogP contribution in [0, 0.1) is 0 Å². The Bertz CT molecular complexity index is 797. The summed E-state index contributed by atoms with van der Waals surface area (Å²) in [6, 6.07) is 9.95. The first-order chi connectivity index (χ1) is 11.3. The van der Waals surface area contributed by atoms with E-state index >= 15 is 0 Å². The van der Waals surface area contributed by atoms with Crippen LogP contribution >= 0.6 is 0 Å². The molecule has 7 nitrogen and oxygen atoms in total. The van der Waals surface area contributed by atoms with Crippen molar-refractivity contribution in [3.63, 3.8) is 0 Å². The lowest BCUT2D eigenvalue weighted by atomic mass is 10.1. The topological polar surface area (TPSA) is 87.9 Å². The highest BCUT2D eigenvalue weighted by Crippen LogP contribution is 2.29. The van der Waals surface area contributed by atoms with E-state index in [2.05, 4.69) is 20.3 Å². The molecule has 3 aromatic rings. The number of hydrogen-bond donors (Lipinski definition) is 1. The summed E-state index contributed by atoms with van der Waals surface area (Å²) in [7, 11) is 0. The van der Waals surface area contributed by atoms with E-state index in [1.54, 1.807) is 12.4 Å². The zero-order chi connectivity index (χ0) is 15.6. The van der Waals surface area contributed by atoms with Crippen molar-refractivity contribution < 1.29 is 9.32 Å². The number of H-pyrrole nitrogens is 1. The van der Waals surface area contributed by atoms with Gasteiger partial charge in [-0.1, -0.05) is 35.5 Å². The zero-order valence-corrected chi connectivity index (χ0v) is 12.3. The molecule has 7 heteroatoms. The Labute approximate surface area is 132 Å². The van der Waals surface area contributed by atoms with Crippen LogP contribution in [-0.4, -0.2) is 37.7 Å². The van der Waals surface area contributed by atoms with Gasteiger partial charge < -0.3 is 9.42 Å². The van der Waals surface area contributed by atoms with Crippen LogP contribution in [0.1, 0.15) is 23.8 Å². The Balaban J connectivity index is 1.49. The molecule has 4 rings (SSSR count). The summed E-state index contributed by atoms with van der Waals surface area (Å²) in [5, 5.41) is 10.5. The minimum Gasteiger partial charge on any atom is -0.338 e. The second-order valence-corrected chi connectivity index (χ2v) is 5.53. The standard InChI is InChI=1S/C16H15N5O2/c22-16-13(6-7-21(16)10-11-4-2-1-3-5-11)15-19-14(20-23-15)12-8-17-18-9-12/h1-5,8-9,13H,6-7,10H2,(H,17,18). The summed E-state index contributed by atoms with van der Waals surface area (Å²) < 4.78 is 5.29. The number of nitrogens with zero attached hydrogens (tertiary/aromatic N) is 4. The summed E-state index contributed by atoms with van der Waals surface area (Å²) in [5.74, 6) is 0.507. The summed E-state index contributed by atoms with van der Waals surface area (Å²) in [5.41, 5.74) is 1.86. The molecule has 116 valence electrons. The number of carbonyl (C=O) groups excluding carboxylic acids is 1. The lowest BCUT2D eigenvalue weighted by Crippen LogP contribution is -2.26. The molecule has 23 heavy (non-hydrogen) atoms. The van der Waals surface area contributed by atoms with Gasteiger partial charge in [0.25, 0.3) is 0 Å². The van der Waals surface area contributed by atoms with E-state index in [1.165, 1.54) is 0 Å². The van der Waals surface area contributed by atoms with Gasteiger partial charge in [0, 0.05) is 19.3 Å². The molecule has 1 amide bonds. The Hall–Kier alpha value is -2.96. The first kappa shape index (κ1) is 13.7. The molecule has 1 atom stereocenters. The predicted octanol–water partition coefficient (Wildman–Crippen LogP) is 1.98. The number of hydrogen-bond acceptors (Lipinski definition) is 5. The van der Waals surface area contributed by atoms with Crippen LogP contribution in [0.2, 0.25) is 0 Å². The minimum atomic E-state index is -0.355. The lowest BCUT2D eigenvalue weighted by Gasteiger charge is -2.15. The Morgan fingerprint density at radius 2 is 2.17 bits per heavy atom. The van der Waals surface area contributed by atoms with Gasteiger partial charge in [0.15, 0.2) is 0 Å². The average molecular weight is 309 g/mol. The number of likely N-dealkylation sites (tertiary alicyclic amines) is 1. The summed E-state index contributed by atoms with van der Waals surface area (Å²) in [6.45, 7) is 1.31. The van der Waals surface area contributed by atoms with E-state index in [0.717, 1.165) is 11.1 Å². The second kappa shape index (κ2) is 5.68. The smallest absolute Gasteiger partial charge is 0.239 e. The van der Waals surface area contributed by atoms with Crippen LogP contribution in [0.5, 0.6) is 0 Å². The van der Waals surface area contributed by atoms with Crippen LogP contribution in [0.4, 0.5) is 0 Å². The summed E-state index contributed by atoms with van der Waals surface area (Å²) in [6.07, 6.45) is 4.00. The van der Waals surface area contributed by atoms with Gasteiger partial charge in [-0.3, -0.25) is 9.89 Å². The number of carbonyl (C=O) groups is 1. The molecule has 1 fully saturated rings. The van der Waals surface area contributed by atoms with Gasteiger partial charge in [0.05, 0.1) is 11.8 Å². The third kappa shape index (κ3) is 2.61. The molecule has 0 bridgehead atoms. The molecule has 0 spiro atoms. The molecule has 1 aliphatic rings. The van der Waals surface area contributed by atoms with Crippen LogP contribution in [0.3, 0.4) is 0 Å². The molecule has 2 aromatic heterocycles. The normalized spacial score (nSPS) is 17.8. The maximum Gasteiger partial charge on any atom is 0.239 e. The van der Waals surface area contributed by atoms with Crippen LogP contribution in [0.25, 0.3) is 11.4 Å². The van der Waals surface area contributed by atoms with E-state index in [9.17, 15) is 4.79 Å². The molecule has 0 aliphatic carbocycles. The number of rotatable bonds is 4. The average Bonchev–Trinajstić information content (AvgIpc) is 3.30. The van der Waals surface area contributed by atoms with Crippen LogP contribution < -0.4 is 0 Å². The molecule has 1 aliphatic heterocycles. The van der Waals surface area contributed by atoms with Crippen molar-refractivity contribution in [3.8, 4) is 11.4 Å². The number of aromatic amines is 1. The van der Waals surface area contributed by atoms with Crippen molar-refractivity contribution in [2.75, 3.05) is 6.54 Å². The Morgan fingerprint density at radius 1 is 1.30 bits per heavy atom. The third-order valence-electron chi connectivity index (χ3n) is 4.01. The molecule has 1 N–H and O–H groups in total. The van der Waals surface area contributed by atoms with E-state index in [-0.39, 0.29) is 11.8 Å². The molecular weight excluding hydrogens is 294 g/mol. The fourth-order valence-electron chi connectivity index (χ4n) is 2.80. The maximum atomic E-state index is 12.6. The van der Waals surface area contributed by atoms with Gasteiger partial charge in [-0.15, -0.1) is 0 Å². The lowest BCUT2D eigenvalue weighted by molar-refractivity contribution is -0.129. The van der Waals surface area contributed by atoms with E-state index in [4.69, 9.17) is 4.52 Å². The van der Waals surface area contributed by atoms with Gasteiger partial charge in [0.1, 0.15) is 5.92 Å². The summed E-state index contributed by atoms with van der Waals surface area (Å²) in [4.78, 5) is 18.8. The van der Waals surface area contributed by atoms with Crippen molar-refractivity contribution in [2.24, 2.45) is 0 Å². The van der Waals surface area contributed by atoms with Crippen LogP contribution in [0.15, 0.2) is 47.2 Å². The van der Waals surface area contributed by atoms with E-state index < -0.39 is 0 Å². The highest BCUT2D eigenvalue weighted by molar-refractivity contribution is 5.84. The molecule has 1 aromatic carbocycles. The second-order valence-electron chi connectivity index (χ2n) is 5.53. The predicted molar refractivity (Wildman–Crippen MR) is 81.1 cm³/mol. The van der Waals surface area contributed by atoms with Gasteiger partial charge in [-0.05, 0) is 12.0 Å². The molecule has 3 heterocycles. The maximum absolute atomic E-state index is 12.6. The van der Waals surface area contributed by atoms with Crippen LogP contribution in [-0.2, 0) is 11.3 Å². The van der Waals surface area contributed by atoms with Gasteiger partial charge in [-0.25, -0.2) is 0 Å². The van der Waals surface area contributed by atoms with Gasteiger partial charge in [-0.2, -0.15) is 10.1 Å². The molecule has 1 unspecified atom stereocenters. The fraction of sp³-hybridized carbons (Fsp3) is 0.250. The highest BCUT2D eigenvalue weighted by Gasteiger charge is 2.36. The SMILES string of the molecule is O=C1C(c2nc(-c3cn[nH]c3)no2)CCN1Cc1ccccc1. The monoisotopic (exact) mass is 309 g/mol. The Morgan fingerprint density at radius 3 is 2.96 bits per heavy atom. The third-order valence-corrected chi connectivity index (χ3v) is 4.01. The molecule has 0 saturated carbocycles. The minimum absolute atomic E-state index is 0.0382. The Kier molecular flexibility index (Phi) is 3.38. The van der Waals surface area contributed by atoms with E-state index in [0.29, 0.717) is 31.2 Å². The largest absolute Gasteiger partial charge is 0.338 e. The first-order valence-electron chi connectivity index (χ1n) is 7.47. The number of amides is 1. The first-order valence-corrected chi connectivity index (χ1v) is 7.47. The molecule has 0 radical (unpaired) electrons. The van der Waals surface area contributed by atoms with Crippen molar-refractivity contribution >= 4 is 5.91 Å². The van der Waals surface area contributed by atoms with Gasteiger partial charge >= 0.3 is 0 Å². The highest BCUT2D eigenvalue weighted by atomic mass is 16.5. The van der Waals surface area contributed by atoms with E-state index in [1.807, 2.05) is 35.2 Å². The van der Waals surface area contributed by atoms with Crippen molar-refractivity contribution in [1.29, 1.82) is 0 Å².